The van der Waals surface area contributed by atoms with E-state index >= 15 is 0 Å². The fourth-order valence-electron chi connectivity index (χ4n) is 2.13. The lowest BCUT2D eigenvalue weighted by Crippen LogP contribution is -2.18. The molecule has 0 N–H and O–H groups in total. The lowest BCUT2D eigenvalue weighted by atomic mass is 9.73. The Morgan fingerprint density at radius 3 is 2.57 bits per heavy atom. The lowest BCUT2D eigenvalue weighted by Gasteiger charge is -2.05. The van der Waals surface area contributed by atoms with Crippen molar-refractivity contribution in [2.45, 2.75) is 0 Å². The number of rotatable bonds is 5. The number of pyridine rings is 1. The van der Waals surface area contributed by atoms with Gasteiger partial charge in [0.1, 0.15) is 11.4 Å². The molecular formula is C17H14BNO2. The normalized spacial score (nSPS) is 10.3. The van der Waals surface area contributed by atoms with Crippen molar-refractivity contribution in [3.05, 3.63) is 72.4 Å². The zero-order valence-corrected chi connectivity index (χ0v) is 11.5. The molecule has 0 atom stereocenters. The summed E-state index contributed by atoms with van der Waals surface area (Å²) >= 11 is 0. The topological polar surface area (TPSA) is 39.2 Å². The van der Waals surface area contributed by atoms with E-state index in [1.165, 1.54) is 0 Å². The Morgan fingerprint density at radius 1 is 0.952 bits per heavy atom. The quantitative estimate of drug-likeness (QED) is 0.672. The van der Waals surface area contributed by atoms with Gasteiger partial charge in [-0.05, 0) is 24.3 Å². The van der Waals surface area contributed by atoms with E-state index in [0.717, 1.165) is 16.7 Å². The Morgan fingerprint density at radius 2 is 1.71 bits per heavy atom. The van der Waals surface area contributed by atoms with Crippen molar-refractivity contribution in [3.8, 4) is 5.75 Å². The first-order chi connectivity index (χ1) is 10.3. The largest absolute Gasteiger partial charge is 0.502 e. The Bertz CT molecular complexity index is 759. The van der Waals surface area contributed by atoms with Gasteiger partial charge in [-0.1, -0.05) is 42.5 Å². The van der Waals surface area contributed by atoms with Crippen LogP contribution in [0.25, 0.3) is 10.9 Å². The van der Waals surface area contributed by atoms with E-state index in [-0.39, 0.29) is 5.68 Å². The van der Waals surface area contributed by atoms with E-state index in [2.05, 4.69) is 4.98 Å². The van der Waals surface area contributed by atoms with E-state index in [1.807, 2.05) is 60.7 Å². The smallest absolute Gasteiger partial charge is 0.259 e. The van der Waals surface area contributed by atoms with Gasteiger partial charge >= 0.3 is 0 Å². The van der Waals surface area contributed by atoms with Crippen LogP contribution in [0.1, 0.15) is 10.5 Å². The van der Waals surface area contributed by atoms with Gasteiger partial charge in [-0.3, -0.25) is 0 Å². The highest BCUT2D eigenvalue weighted by molar-refractivity contribution is 6.77. The second kappa shape index (κ2) is 6.22. The molecule has 0 spiro atoms. The number of carbonyl (C=O) groups is 1. The second-order valence-electron chi connectivity index (χ2n) is 4.72. The average Bonchev–Trinajstić information content (AvgIpc) is 2.55. The number of fused-ring (bicyclic) bond motifs is 1. The summed E-state index contributed by atoms with van der Waals surface area (Å²) in [4.78, 5) is 16.5. The summed E-state index contributed by atoms with van der Waals surface area (Å²) in [5, 5.41) is 1.04. The minimum absolute atomic E-state index is 0.00307. The number of nitrogens with zero attached hydrogens (tertiary/aromatic N) is 1. The number of ether oxygens (including phenoxy) is 1. The number of aromatic nitrogens is 1. The van der Waals surface area contributed by atoms with Gasteiger partial charge in [-0.2, -0.15) is 0 Å². The maximum Gasteiger partial charge on any atom is 0.259 e. The zero-order chi connectivity index (χ0) is 14.5. The van der Waals surface area contributed by atoms with Crippen molar-refractivity contribution in [2.75, 3.05) is 6.51 Å². The molecule has 0 fully saturated rings. The molecule has 0 bridgehead atoms. The molecule has 0 radical (unpaired) electrons. The number of hydrogen-bond donors (Lipinski definition) is 0. The van der Waals surface area contributed by atoms with Gasteiger partial charge in [0.25, 0.3) is 7.28 Å². The van der Waals surface area contributed by atoms with Gasteiger partial charge in [0.2, 0.25) is 0 Å². The molecule has 4 heteroatoms. The summed E-state index contributed by atoms with van der Waals surface area (Å²) in [7, 11) is 0.320. The average molecular weight is 275 g/mol. The van der Waals surface area contributed by atoms with Crippen LogP contribution in [0.4, 0.5) is 0 Å². The summed E-state index contributed by atoms with van der Waals surface area (Å²) in [5.41, 5.74) is 1.33. The van der Waals surface area contributed by atoms with Crippen molar-refractivity contribution in [1.82, 2.24) is 4.98 Å². The number of hydrogen-bond acceptors (Lipinski definition) is 3. The standard InChI is InChI=1S/C17H14BNO2/c20-17(18-12-21-14-7-2-1-3-8-14)16-11-10-13-6-4-5-9-15(13)19-16/h1-11,18H,12H2. The maximum absolute atomic E-state index is 12.1. The Kier molecular flexibility index (Phi) is 3.96. The van der Waals surface area contributed by atoms with Gasteiger partial charge in [0.05, 0.1) is 17.7 Å². The third kappa shape index (κ3) is 3.29. The van der Waals surface area contributed by atoms with E-state index in [9.17, 15) is 4.79 Å². The molecule has 0 unspecified atom stereocenters. The Labute approximate surface area is 123 Å². The molecule has 3 nitrogen and oxygen atoms in total. The highest BCUT2D eigenvalue weighted by atomic mass is 16.5. The summed E-state index contributed by atoms with van der Waals surface area (Å²) in [6, 6.07) is 20.9. The lowest BCUT2D eigenvalue weighted by molar-refractivity contribution is 0.107. The minimum Gasteiger partial charge on any atom is -0.502 e. The van der Waals surface area contributed by atoms with Crippen LogP contribution in [0.3, 0.4) is 0 Å². The van der Waals surface area contributed by atoms with Crippen LogP contribution < -0.4 is 4.74 Å². The van der Waals surface area contributed by atoms with Gasteiger partial charge in [0.15, 0.2) is 0 Å². The number of para-hydroxylation sites is 2. The molecule has 0 aliphatic carbocycles. The van der Waals surface area contributed by atoms with Crippen molar-refractivity contribution in [1.29, 1.82) is 0 Å². The predicted molar refractivity (Wildman–Crippen MR) is 85.2 cm³/mol. The molecular weight excluding hydrogens is 261 g/mol. The molecule has 3 aromatic rings. The van der Waals surface area contributed by atoms with Crippen LogP contribution in [0, 0.1) is 0 Å². The SMILES string of the molecule is O=C(BCOc1ccccc1)c1ccc2ccccc2n1. The number of benzene rings is 2. The van der Waals surface area contributed by atoms with Crippen LogP contribution >= 0.6 is 0 Å². The highest BCUT2D eigenvalue weighted by Gasteiger charge is 2.10. The predicted octanol–water partition coefficient (Wildman–Crippen LogP) is 2.85. The molecule has 0 amide bonds. The summed E-state index contributed by atoms with van der Waals surface area (Å²) in [5.74, 6) is 0.775. The summed E-state index contributed by atoms with van der Waals surface area (Å²) in [6.07, 6.45) is 0. The molecule has 0 saturated carbocycles. The molecule has 1 heterocycles. The van der Waals surface area contributed by atoms with E-state index in [0.29, 0.717) is 19.5 Å². The monoisotopic (exact) mass is 275 g/mol. The van der Waals surface area contributed by atoms with Crippen molar-refractivity contribution in [2.24, 2.45) is 0 Å². The first-order valence-corrected chi connectivity index (χ1v) is 6.90. The van der Waals surface area contributed by atoms with Crippen LogP contribution in [-0.4, -0.2) is 24.5 Å². The fraction of sp³-hybridized carbons (Fsp3) is 0.0588. The van der Waals surface area contributed by atoms with Gasteiger partial charge < -0.3 is 9.53 Å². The van der Waals surface area contributed by atoms with E-state index in [4.69, 9.17) is 4.74 Å². The molecule has 21 heavy (non-hydrogen) atoms. The van der Waals surface area contributed by atoms with Crippen LogP contribution in [0.2, 0.25) is 0 Å². The molecule has 102 valence electrons. The summed E-state index contributed by atoms with van der Waals surface area (Å²) < 4.78 is 5.54. The van der Waals surface area contributed by atoms with Gasteiger partial charge in [-0.15, -0.1) is 0 Å². The third-order valence-corrected chi connectivity index (χ3v) is 3.23. The molecule has 0 aliphatic rings. The van der Waals surface area contributed by atoms with E-state index < -0.39 is 0 Å². The summed E-state index contributed by atoms with van der Waals surface area (Å²) in [6.45, 7) is 0.358. The second-order valence-corrected chi connectivity index (χ2v) is 4.72. The van der Waals surface area contributed by atoms with Gasteiger partial charge in [-0.25, -0.2) is 4.98 Å². The first-order valence-electron chi connectivity index (χ1n) is 6.90. The molecule has 3 rings (SSSR count). The van der Waals surface area contributed by atoms with Crippen molar-refractivity contribution >= 4 is 23.9 Å². The van der Waals surface area contributed by atoms with Crippen molar-refractivity contribution in [3.63, 3.8) is 0 Å². The Hall–Kier alpha value is -2.62. The molecule has 0 aliphatic heterocycles. The Balaban J connectivity index is 1.64. The third-order valence-electron chi connectivity index (χ3n) is 3.23. The van der Waals surface area contributed by atoms with Crippen LogP contribution in [0.15, 0.2) is 66.7 Å². The number of carbonyl (C=O) groups excluding carboxylic acids is 1. The molecule has 1 aromatic heterocycles. The minimum atomic E-state index is -0.00307. The fourth-order valence-corrected chi connectivity index (χ4v) is 2.13. The maximum atomic E-state index is 12.1. The first kappa shape index (κ1) is 13.4. The van der Waals surface area contributed by atoms with Crippen molar-refractivity contribution < 1.29 is 9.53 Å². The molecule has 2 aromatic carbocycles. The van der Waals surface area contributed by atoms with Gasteiger partial charge in [0, 0.05) is 5.39 Å². The van der Waals surface area contributed by atoms with E-state index in [1.54, 1.807) is 6.07 Å². The zero-order valence-electron chi connectivity index (χ0n) is 11.5. The van der Waals surface area contributed by atoms with Crippen LogP contribution in [-0.2, 0) is 0 Å². The van der Waals surface area contributed by atoms with Crippen LogP contribution in [0.5, 0.6) is 5.75 Å². The molecule has 0 saturated heterocycles. The highest BCUT2D eigenvalue weighted by Crippen LogP contribution is 2.12.